The maximum atomic E-state index is 5.38. The highest BCUT2D eigenvalue weighted by Gasteiger charge is 2.13. The Morgan fingerprint density at radius 2 is 1.74 bits per heavy atom. The topological polar surface area (TPSA) is 24.5 Å². The van der Waals surface area contributed by atoms with Crippen LogP contribution in [-0.2, 0) is 11.3 Å². The number of benzene rings is 1. The van der Waals surface area contributed by atoms with Gasteiger partial charge in [-0.1, -0.05) is 12.1 Å². The summed E-state index contributed by atoms with van der Waals surface area (Å²) in [6.45, 7) is 5.24. The molecule has 1 N–H and O–H groups in total. The first-order chi connectivity index (χ1) is 9.42. The van der Waals surface area contributed by atoms with E-state index in [4.69, 9.17) is 4.74 Å². The van der Waals surface area contributed by atoms with Crippen molar-refractivity contribution in [2.75, 3.05) is 31.2 Å². The van der Waals surface area contributed by atoms with Gasteiger partial charge < -0.3 is 15.0 Å². The van der Waals surface area contributed by atoms with Gasteiger partial charge in [-0.3, -0.25) is 0 Å². The van der Waals surface area contributed by atoms with E-state index in [2.05, 4.69) is 34.5 Å². The lowest BCUT2D eigenvalue weighted by Crippen LogP contribution is -2.34. The molecule has 0 atom stereocenters. The predicted octanol–water partition coefficient (Wildman–Crippen LogP) is 2.56. The summed E-state index contributed by atoms with van der Waals surface area (Å²) in [4.78, 5) is 2.48. The predicted molar refractivity (Wildman–Crippen MR) is 78.6 cm³/mol. The van der Waals surface area contributed by atoms with Crippen LogP contribution in [0.15, 0.2) is 24.3 Å². The van der Waals surface area contributed by atoms with Crippen molar-refractivity contribution in [1.29, 1.82) is 0 Å². The molecule has 0 aromatic heterocycles. The summed E-state index contributed by atoms with van der Waals surface area (Å²) >= 11 is 0. The maximum absolute atomic E-state index is 5.38. The first-order valence-corrected chi connectivity index (χ1v) is 7.57. The first-order valence-electron chi connectivity index (χ1n) is 7.57. The summed E-state index contributed by atoms with van der Waals surface area (Å²) in [7, 11) is 0. The highest BCUT2D eigenvalue weighted by Crippen LogP contribution is 2.20. The molecule has 0 unspecified atom stereocenters. The quantitative estimate of drug-likeness (QED) is 0.900. The molecule has 1 aromatic rings. The van der Waals surface area contributed by atoms with E-state index < -0.39 is 0 Å². The Morgan fingerprint density at radius 3 is 2.42 bits per heavy atom. The van der Waals surface area contributed by atoms with Gasteiger partial charge in [-0.2, -0.15) is 0 Å². The van der Waals surface area contributed by atoms with Gasteiger partial charge in [-0.15, -0.1) is 0 Å². The molecule has 3 heteroatoms. The largest absolute Gasteiger partial charge is 0.381 e. The van der Waals surface area contributed by atoms with E-state index in [-0.39, 0.29) is 0 Å². The number of hydrogen-bond donors (Lipinski definition) is 1. The fourth-order valence-electron chi connectivity index (χ4n) is 2.96. The zero-order valence-electron chi connectivity index (χ0n) is 11.6. The summed E-state index contributed by atoms with van der Waals surface area (Å²) in [5.41, 5.74) is 2.77. The smallest absolute Gasteiger partial charge is 0.0480 e. The van der Waals surface area contributed by atoms with Crippen molar-refractivity contribution >= 4 is 5.69 Å². The van der Waals surface area contributed by atoms with Crippen molar-refractivity contribution in [2.24, 2.45) is 0 Å². The van der Waals surface area contributed by atoms with Crippen LogP contribution < -0.4 is 10.2 Å². The number of hydrogen-bond acceptors (Lipinski definition) is 3. The molecule has 3 rings (SSSR count). The summed E-state index contributed by atoms with van der Waals surface area (Å²) < 4.78 is 5.38. The molecule has 2 heterocycles. The van der Waals surface area contributed by atoms with E-state index in [1.54, 1.807) is 0 Å². The fourth-order valence-corrected chi connectivity index (χ4v) is 2.96. The third-order valence-corrected chi connectivity index (χ3v) is 4.22. The monoisotopic (exact) mass is 260 g/mol. The van der Waals surface area contributed by atoms with Gasteiger partial charge in [0, 0.05) is 44.6 Å². The van der Waals surface area contributed by atoms with Gasteiger partial charge in [-0.25, -0.2) is 0 Å². The molecule has 0 amide bonds. The molecule has 0 spiro atoms. The normalized spacial score (nSPS) is 20.9. The zero-order chi connectivity index (χ0) is 12.9. The first kappa shape index (κ1) is 12.9. The van der Waals surface area contributed by atoms with Crippen molar-refractivity contribution < 1.29 is 4.74 Å². The Balaban J connectivity index is 1.50. The Morgan fingerprint density at radius 1 is 1.05 bits per heavy atom. The molecule has 104 valence electrons. The van der Waals surface area contributed by atoms with Crippen molar-refractivity contribution in [1.82, 2.24) is 5.32 Å². The Kier molecular flexibility index (Phi) is 4.36. The lowest BCUT2D eigenvalue weighted by atomic mass is 10.1. The zero-order valence-corrected chi connectivity index (χ0v) is 11.6. The number of ether oxygens (including phenoxy) is 1. The second kappa shape index (κ2) is 6.40. The summed E-state index contributed by atoms with van der Waals surface area (Å²) in [5, 5.41) is 3.63. The summed E-state index contributed by atoms with van der Waals surface area (Å²) in [6.07, 6.45) is 4.97. The minimum Gasteiger partial charge on any atom is -0.381 e. The maximum Gasteiger partial charge on any atom is 0.0480 e. The molecule has 19 heavy (non-hydrogen) atoms. The van der Waals surface area contributed by atoms with E-state index in [0.29, 0.717) is 6.04 Å². The average molecular weight is 260 g/mol. The molecular weight excluding hydrogens is 236 g/mol. The molecule has 0 saturated carbocycles. The van der Waals surface area contributed by atoms with Crippen LogP contribution in [0, 0.1) is 0 Å². The van der Waals surface area contributed by atoms with Crippen LogP contribution in [0.4, 0.5) is 5.69 Å². The average Bonchev–Trinajstić information content (AvgIpc) is 3.01. The summed E-state index contributed by atoms with van der Waals surface area (Å²) in [5.74, 6) is 0. The van der Waals surface area contributed by atoms with E-state index >= 15 is 0 Å². The highest BCUT2D eigenvalue weighted by molar-refractivity contribution is 5.48. The van der Waals surface area contributed by atoms with Crippen molar-refractivity contribution in [2.45, 2.75) is 38.3 Å². The van der Waals surface area contributed by atoms with Crippen LogP contribution in [0.5, 0.6) is 0 Å². The van der Waals surface area contributed by atoms with Crippen molar-refractivity contribution in [3.8, 4) is 0 Å². The molecule has 2 aliphatic rings. The number of nitrogens with zero attached hydrogens (tertiary/aromatic N) is 1. The number of nitrogens with one attached hydrogen (secondary N) is 1. The van der Waals surface area contributed by atoms with Gasteiger partial charge >= 0.3 is 0 Å². The van der Waals surface area contributed by atoms with Gasteiger partial charge in [0.1, 0.15) is 0 Å². The molecule has 0 radical (unpaired) electrons. The molecular formula is C16H24N2O. The van der Waals surface area contributed by atoms with Crippen LogP contribution >= 0.6 is 0 Å². The minimum absolute atomic E-state index is 0.631. The van der Waals surface area contributed by atoms with Gasteiger partial charge in [0.25, 0.3) is 0 Å². The number of anilines is 1. The molecule has 3 nitrogen and oxygen atoms in total. The van der Waals surface area contributed by atoms with Gasteiger partial charge in [0.15, 0.2) is 0 Å². The van der Waals surface area contributed by atoms with E-state index in [1.165, 1.54) is 37.2 Å². The van der Waals surface area contributed by atoms with Crippen molar-refractivity contribution in [3.05, 3.63) is 29.8 Å². The Hall–Kier alpha value is -1.06. The SMILES string of the molecule is c1cc(N2CCCC2)ccc1CNC1CCOCC1. The second-order valence-corrected chi connectivity index (χ2v) is 5.63. The van der Waals surface area contributed by atoms with E-state index in [1.807, 2.05) is 0 Å². The summed E-state index contributed by atoms with van der Waals surface area (Å²) in [6, 6.07) is 9.70. The number of rotatable bonds is 4. The Bertz CT molecular complexity index is 378. The van der Waals surface area contributed by atoms with E-state index in [9.17, 15) is 0 Å². The highest BCUT2D eigenvalue weighted by atomic mass is 16.5. The standard InChI is InChI=1S/C16H24N2O/c1-2-10-18(9-1)16-5-3-14(4-6-16)13-17-15-7-11-19-12-8-15/h3-6,15,17H,1-2,7-13H2. The minimum atomic E-state index is 0.631. The molecule has 0 aliphatic carbocycles. The van der Waals surface area contributed by atoms with Gasteiger partial charge in [0.05, 0.1) is 0 Å². The molecule has 2 fully saturated rings. The van der Waals surface area contributed by atoms with Crippen LogP contribution in [0.1, 0.15) is 31.2 Å². The second-order valence-electron chi connectivity index (χ2n) is 5.63. The van der Waals surface area contributed by atoms with Gasteiger partial charge in [-0.05, 0) is 43.4 Å². The lowest BCUT2D eigenvalue weighted by molar-refractivity contribution is 0.0776. The molecule has 1 aromatic carbocycles. The lowest BCUT2D eigenvalue weighted by Gasteiger charge is -2.23. The third-order valence-electron chi connectivity index (χ3n) is 4.22. The van der Waals surface area contributed by atoms with E-state index in [0.717, 1.165) is 32.6 Å². The third kappa shape index (κ3) is 3.48. The van der Waals surface area contributed by atoms with Crippen LogP contribution in [0.3, 0.4) is 0 Å². The molecule has 2 aliphatic heterocycles. The van der Waals surface area contributed by atoms with Crippen molar-refractivity contribution in [3.63, 3.8) is 0 Å². The van der Waals surface area contributed by atoms with Crippen LogP contribution in [0.2, 0.25) is 0 Å². The fraction of sp³-hybridized carbons (Fsp3) is 0.625. The molecule has 0 bridgehead atoms. The molecule has 2 saturated heterocycles. The Labute approximate surface area is 115 Å². The van der Waals surface area contributed by atoms with Gasteiger partial charge in [0.2, 0.25) is 0 Å². The van der Waals surface area contributed by atoms with Crippen LogP contribution in [0.25, 0.3) is 0 Å². The van der Waals surface area contributed by atoms with Crippen LogP contribution in [-0.4, -0.2) is 32.3 Å².